The topological polar surface area (TPSA) is 82.7 Å². The van der Waals surface area contributed by atoms with E-state index in [4.69, 9.17) is 9.63 Å². The second kappa shape index (κ2) is 9.20. The van der Waals surface area contributed by atoms with Crippen LogP contribution in [0.25, 0.3) is 11.4 Å². The summed E-state index contributed by atoms with van der Waals surface area (Å²) in [5.41, 5.74) is 0.355. The number of likely N-dealkylation sites (tertiary alicyclic amines) is 1. The number of nitrogens with zero attached hydrogens (tertiary/aromatic N) is 4. The number of rotatable bonds is 6. The molecule has 0 bridgehead atoms. The average molecular weight is 403 g/mol. The first-order valence-corrected chi connectivity index (χ1v) is 8.35. The number of carboxylic acids is 1. The molecule has 1 aliphatic rings. The van der Waals surface area contributed by atoms with Crippen molar-refractivity contribution in [1.82, 2.24) is 19.9 Å². The van der Waals surface area contributed by atoms with Crippen LogP contribution in [0.4, 0.5) is 8.78 Å². The molecule has 1 aromatic heterocycles. The molecule has 0 aliphatic carbocycles. The summed E-state index contributed by atoms with van der Waals surface area (Å²) in [6.45, 7) is 2.08. The first-order chi connectivity index (χ1) is 12.4. The maximum Gasteiger partial charge on any atom is 0.317 e. The molecule has 0 amide bonds. The van der Waals surface area contributed by atoms with Gasteiger partial charge in [0.15, 0.2) is 11.6 Å². The number of piperidine rings is 1. The van der Waals surface area contributed by atoms with E-state index in [1.165, 1.54) is 6.07 Å². The molecular formula is C17H21ClF2N4O3. The van der Waals surface area contributed by atoms with Crippen LogP contribution in [0.2, 0.25) is 0 Å². The predicted molar refractivity (Wildman–Crippen MR) is 95.5 cm³/mol. The molecule has 1 saturated heterocycles. The number of likely N-dealkylation sites (N-methyl/N-ethyl adjacent to an activating group) is 1. The summed E-state index contributed by atoms with van der Waals surface area (Å²) < 4.78 is 31.5. The zero-order chi connectivity index (χ0) is 18.7. The summed E-state index contributed by atoms with van der Waals surface area (Å²) in [6, 6.07) is 3.70. The molecule has 0 unspecified atom stereocenters. The fourth-order valence-corrected chi connectivity index (χ4v) is 3.12. The Labute approximate surface area is 161 Å². The number of hydrogen-bond acceptors (Lipinski definition) is 6. The lowest BCUT2D eigenvalue weighted by Gasteiger charge is -2.35. The Kier molecular flexibility index (Phi) is 7.23. The second-order valence-electron chi connectivity index (χ2n) is 6.46. The molecule has 1 N–H and O–H groups in total. The van der Waals surface area contributed by atoms with Gasteiger partial charge in [-0.1, -0.05) is 5.16 Å². The van der Waals surface area contributed by atoms with Crippen molar-refractivity contribution < 1.29 is 23.2 Å². The van der Waals surface area contributed by atoms with Crippen molar-refractivity contribution in [3.05, 3.63) is 35.7 Å². The molecule has 3 rings (SSSR count). The summed E-state index contributed by atoms with van der Waals surface area (Å²) in [4.78, 5) is 19.0. The van der Waals surface area contributed by atoms with Crippen LogP contribution in [0.1, 0.15) is 18.7 Å². The van der Waals surface area contributed by atoms with E-state index in [9.17, 15) is 13.6 Å². The molecule has 27 heavy (non-hydrogen) atoms. The standard InChI is InChI=1S/C17H20F2N4O3.ClH/c1-22(10-16(24)25)12-4-6-23(7-5-12)9-15-20-17(21-26-15)11-2-3-13(18)14(19)8-11;/h2-3,8,12H,4-7,9-10H2,1H3,(H,24,25);1H. The van der Waals surface area contributed by atoms with E-state index in [-0.39, 0.29) is 30.8 Å². The minimum absolute atomic E-state index is 0. The maximum absolute atomic E-state index is 13.3. The molecule has 1 fully saturated rings. The lowest BCUT2D eigenvalue weighted by Crippen LogP contribution is -2.44. The lowest BCUT2D eigenvalue weighted by molar-refractivity contribution is -0.138. The molecule has 0 radical (unpaired) electrons. The highest BCUT2D eigenvalue weighted by Gasteiger charge is 2.24. The first kappa shape index (κ1) is 21.2. The van der Waals surface area contributed by atoms with Crippen molar-refractivity contribution in [2.75, 3.05) is 26.7 Å². The Morgan fingerprint density at radius 3 is 2.67 bits per heavy atom. The third-order valence-corrected chi connectivity index (χ3v) is 4.57. The minimum atomic E-state index is -0.957. The van der Waals surface area contributed by atoms with Gasteiger partial charge < -0.3 is 9.63 Å². The van der Waals surface area contributed by atoms with Crippen molar-refractivity contribution in [2.24, 2.45) is 0 Å². The van der Waals surface area contributed by atoms with Crippen molar-refractivity contribution in [1.29, 1.82) is 0 Å². The number of hydrogen-bond donors (Lipinski definition) is 1. The van der Waals surface area contributed by atoms with Gasteiger partial charge in [-0.05, 0) is 38.1 Å². The zero-order valence-electron chi connectivity index (χ0n) is 14.8. The number of carbonyl (C=O) groups is 1. The molecule has 0 saturated carbocycles. The third kappa shape index (κ3) is 5.44. The molecule has 0 spiro atoms. The summed E-state index contributed by atoms with van der Waals surface area (Å²) >= 11 is 0. The summed E-state index contributed by atoms with van der Waals surface area (Å²) in [5.74, 6) is -2.09. The smallest absolute Gasteiger partial charge is 0.317 e. The molecule has 148 valence electrons. The Hall–Kier alpha value is -2.10. The summed E-state index contributed by atoms with van der Waals surface area (Å²) in [6.07, 6.45) is 1.71. The molecule has 7 nitrogen and oxygen atoms in total. The number of carboxylic acid groups (broad SMARTS) is 1. The fraction of sp³-hybridized carbons (Fsp3) is 0.471. The monoisotopic (exact) mass is 402 g/mol. The Bertz CT molecular complexity index is 781. The average Bonchev–Trinajstić information content (AvgIpc) is 3.06. The van der Waals surface area contributed by atoms with Crippen LogP contribution in [-0.2, 0) is 11.3 Å². The van der Waals surface area contributed by atoms with Gasteiger partial charge in [-0.25, -0.2) is 8.78 Å². The van der Waals surface area contributed by atoms with E-state index < -0.39 is 17.6 Å². The van der Waals surface area contributed by atoms with Gasteiger partial charge in [0.1, 0.15) is 0 Å². The quantitative estimate of drug-likeness (QED) is 0.794. The molecule has 10 heteroatoms. The number of aliphatic carboxylic acids is 1. The van der Waals surface area contributed by atoms with Gasteiger partial charge >= 0.3 is 5.97 Å². The first-order valence-electron chi connectivity index (χ1n) is 8.35. The van der Waals surface area contributed by atoms with Gasteiger partial charge in [0.05, 0.1) is 13.1 Å². The molecular weight excluding hydrogens is 382 g/mol. The van der Waals surface area contributed by atoms with Crippen LogP contribution in [0.5, 0.6) is 0 Å². The van der Waals surface area contributed by atoms with Gasteiger partial charge in [0.2, 0.25) is 11.7 Å². The van der Waals surface area contributed by atoms with E-state index in [2.05, 4.69) is 15.0 Å². The highest BCUT2D eigenvalue weighted by atomic mass is 35.5. The molecule has 0 atom stereocenters. The lowest BCUT2D eigenvalue weighted by atomic mass is 10.0. The third-order valence-electron chi connectivity index (χ3n) is 4.57. The van der Waals surface area contributed by atoms with Crippen LogP contribution in [0.3, 0.4) is 0 Å². The fourth-order valence-electron chi connectivity index (χ4n) is 3.12. The van der Waals surface area contributed by atoms with E-state index in [0.29, 0.717) is 18.0 Å². The number of halogens is 3. The van der Waals surface area contributed by atoms with E-state index in [0.717, 1.165) is 38.1 Å². The minimum Gasteiger partial charge on any atom is -0.480 e. The normalized spacial score (nSPS) is 15.7. The van der Waals surface area contributed by atoms with Crippen LogP contribution < -0.4 is 0 Å². The summed E-state index contributed by atoms with van der Waals surface area (Å²) in [7, 11) is 1.82. The van der Waals surface area contributed by atoms with Crippen molar-refractivity contribution in [3.63, 3.8) is 0 Å². The Morgan fingerprint density at radius 1 is 1.33 bits per heavy atom. The van der Waals surface area contributed by atoms with Crippen LogP contribution in [0.15, 0.2) is 22.7 Å². The number of aromatic nitrogens is 2. The predicted octanol–water partition coefficient (Wildman–Crippen LogP) is 2.42. The second-order valence-corrected chi connectivity index (χ2v) is 6.46. The van der Waals surface area contributed by atoms with Crippen LogP contribution >= 0.6 is 12.4 Å². The maximum atomic E-state index is 13.3. The highest BCUT2D eigenvalue weighted by Crippen LogP contribution is 2.21. The van der Waals surface area contributed by atoms with E-state index in [1.807, 2.05) is 11.9 Å². The number of benzene rings is 1. The van der Waals surface area contributed by atoms with Crippen LogP contribution in [-0.4, -0.2) is 63.7 Å². The van der Waals surface area contributed by atoms with Gasteiger partial charge in [-0.15, -0.1) is 12.4 Å². The molecule has 2 heterocycles. The van der Waals surface area contributed by atoms with Crippen molar-refractivity contribution >= 4 is 18.4 Å². The van der Waals surface area contributed by atoms with Crippen LogP contribution in [0, 0.1) is 11.6 Å². The van der Waals surface area contributed by atoms with Gasteiger partial charge in [-0.2, -0.15) is 4.98 Å². The van der Waals surface area contributed by atoms with E-state index >= 15 is 0 Å². The Balaban J connectivity index is 0.00000261. The highest BCUT2D eigenvalue weighted by molar-refractivity contribution is 5.85. The zero-order valence-corrected chi connectivity index (χ0v) is 15.6. The SMILES string of the molecule is CN(CC(=O)O)C1CCN(Cc2nc(-c3ccc(F)c(F)c3)no2)CC1.Cl. The molecule has 1 aliphatic heterocycles. The van der Waals surface area contributed by atoms with Gasteiger partial charge in [0.25, 0.3) is 0 Å². The molecule has 2 aromatic rings. The van der Waals surface area contributed by atoms with E-state index in [1.54, 1.807) is 0 Å². The molecule has 1 aromatic carbocycles. The Morgan fingerprint density at radius 2 is 2.04 bits per heavy atom. The van der Waals surface area contributed by atoms with Crippen molar-refractivity contribution in [2.45, 2.75) is 25.4 Å². The largest absolute Gasteiger partial charge is 0.480 e. The van der Waals surface area contributed by atoms with Gasteiger partial charge in [0, 0.05) is 24.7 Å². The summed E-state index contributed by atoms with van der Waals surface area (Å²) in [5, 5.41) is 12.7. The van der Waals surface area contributed by atoms with Gasteiger partial charge in [-0.3, -0.25) is 14.6 Å². The van der Waals surface area contributed by atoms with Crippen molar-refractivity contribution in [3.8, 4) is 11.4 Å².